The fraction of sp³-hybridized carbons (Fsp3) is 0.500. The van der Waals surface area contributed by atoms with Crippen LogP contribution in [0.15, 0.2) is 35.7 Å². The van der Waals surface area contributed by atoms with Crippen LogP contribution >= 0.6 is 23.4 Å². The number of methoxy groups -OCH3 is 1. The molecular weight excluding hydrogens is 492 g/mol. The van der Waals surface area contributed by atoms with Crippen LogP contribution in [0.2, 0.25) is 5.02 Å². The molecule has 0 radical (unpaired) electrons. The van der Waals surface area contributed by atoms with Gasteiger partial charge in [-0.25, -0.2) is 4.79 Å². The van der Waals surface area contributed by atoms with Gasteiger partial charge in [-0.15, -0.1) is 11.8 Å². The van der Waals surface area contributed by atoms with Crippen molar-refractivity contribution in [3.63, 3.8) is 0 Å². The predicted molar refractivity (Wildman–Crippen MR) is 135 cm³/mol. The standard InChI is InChI=1S/C24H31ClN4O5S/c1-34-13-11-26-21(31)16-29-19-10-14-35-22(19)23(32)28(24(29)33)12-6-2-3-9-20(30)27-15-17-7-4-5-8-18(17)25/h4-5,7-8,10,14,19,22H,2-3,6,9,11-13,15-16H2,1H3,(H,26,31)(H,27,30). The fourth-order valence-corrected chi connectivity index (χ4v) is 5.20. The highest BCUT2D eigenvalue weighted by molar-refractivity contribution is 8.03. The Bertz CT molecular complexity index is 960. The Kier molecular flexibility index (Phi) is 10.4. The number of amides is 5. The summed E-state index contributed by atoms with van der Waals surface area (Å²) in [6.45, 7) is 1.24. The van der Waals surface area contributed by atoms with E-state index in [0.717, 1.165) is 5.56 Å². The lowest BCUT2D eigenvalue weighted by Crippen LogP contribution is -2.63. The van der Waals surface area contributed by atoms with Crippen molar-refractivity contribution in [2.45, 2.75) is 43.5 Å². The molecule has 2 heterocycles. The van der Waals surface area contributed by atoms with Crippen molar-refractivity contribution < 1.29 is 23.9 Å². The van der Waals surface area contributed by atoms with Gasteiger partial charge in [-0.3, -0.25) is 19.3 Å². The molecule has 2 atom stereocenters. The van der Waals surface area contributed by atoms with E-state index in [1.54, 1.807) is 24.7 Å². The first kappa shape index (κ1) is 27.0. The van der Waals surface area contributed by atoms with Gasteiger partial charge in [0.15, 0.2) is 0 Å². The molecule has 5 amide bonds. The smallest absolute Gasteiger partial charge is 0.327 e. The highest BCUT2D eigenvalue weighted by atomic mass is 35.5. The Morgan fingerprint density at radius 2 is 1.91 bits per heavy atom. The summed E-state index contributed by atoms with van der Waals surface area (Å²) in [7, 11) is 1.54. The number of nitrogens with one attached hydrogen (secondary N) is 2. The van der Waals surface area contributed by atoms with Crippen LogP contribution in [0.3, 0.4) is 0 Å². The van der Waals surface area contributed by atoms with Crippen molar-refractivity contribution in [3.05, 3.63) is 46.3 Å². The van der Waals surface area contributed by atoms with Crippen molar-refractivity contribution in [1.82, 2.24) is 20.4 Å². The van der Waals surface area contributed by atoms with Crippen molar-refractivity contribution in [2.24, 2.45) is 0 Å². The molecule has 2 aliphatic rings. The lowest BCUT2D eigenvalue weighted by atomic mass is 10.1. The first-order chi connectivity index (χ1) is 16.9. The number of carbonyl (C=O) groups excluding carboxylic acids is 4. The third-order valence-electron chi connectivity index (χ3n) is 5.82. The monoisotopic (exact) mass is 522 g/mol. The van der Waals surface area contributed by atoms with E-state index in [1.807, 2.05) is 18.2 Å². The minimum Gasteiger partial charge on any atom is -0.383 e. The molecule has 2 aliphatic heterocycles. The maximum Gasteiger partial charge on any atom is 0.327 e. The molecule has 35 heavy (non-hydrogen) atoms. The van der Waals surface area contributed by atoms with E-state index in [0.29, 0.717) is 50.4 Å². The molecule has 9 nitrogen and oxygen atoms in total. The number of hydrogen-bond donors (Lipinski definition) is 2. The molecule has 0 aliphatic carbocycles. The lowest BCUT2D eigenvalue weighted by Gasteiger charge is -2.41. The van der Waals surface area contributed by atoms with Gasteiger partial charge in [0.2, 0.25) is 17.7 Å². The summed E-state index contributed by atoms with van der Waals surface area (Å²) in [6.07, 6.45) is 4.06. The topological polar surface area (TPSA) is 108 Å². The third-order valence-corrected chi connectivity index (χ3v) is 7.28. The molecule has 2 N–H and O–H groups in total. The van der Waals surface area contributed by atoms with Crippen LogP contribution in [0.4, 0.5) is 4.79 Å². The molecule has 1 fully saturated rings. The Labute approximate surface area is 214 Å². The first-order valence-corrected chi connectivity index (χ1v) is 12.9. The number of carbonyl (C=O) groups is 4. The number of thioether (sulfide) groups is 1. The van der Waals surface area contributed by atoms with E-state index >= 15 is 0 Å². The Morgan fingerprint density at radius 1 is 1.11 bits per heavy atom. The summed E-state index contributed by atoms with van der Waals surface area (Å²) < 4.78 is 4.93. The maximum atomic E-state index is 13.1. The number of fused-ring (bicyclic) bond motifs is 1. The summed E-state index contributed by atoms with van der Waals surface area (Å²) in [5.41, 5.74) is 0.860. The quantitative estimate of drug-likeness (QED) is 0.385. The fourth-order valence-electron chi connectivity index (χ4n) is 3.93. The van der Waals surface area contributed by atoms with Gasteiger partial charge in [0.25, 0.3) is 0 Å². The largest absolute Gasteiger partial charge is 0.383 e. The van der Waals surface area contributed by atoms with Gasteiger partial charge in [-0.1, -0.05) is 42.3 Å². The van der Waals surface area contributed by atoms with Gasteiger partial charge in [0, 0.05) is 38.2 Å². The second kappa shape index (κ2) is 13.5. The van der Waals surface area contributed by atoms with Crippen LogP contribution in [0.25, 0.3) is 0 Å². The number of hydrogen-bond acceptors (Lipinski definition) is 6. The average molecular weight is 523 g/mol. The highest BCUT2D eigenvalue weighted by Crippen LogP contribution is 2.34. The summed E-state index contributed by atoms with van der Waals surface area (Å²) in [5.74, 6) is -0.600. The number of halogens is 1. The number of urea groups is 1. The molecule has 1 aromatic rings. The normalized spacial score (nSPS) is 19.1. The second-order valence-electron chi connectivity index (χ2n) is 8.30. The number of ether oxygens (including phenoxy) is 1. The molecule has 11 heteroatoms. The van der Waals surface area contributed by atoms with E-state index in [1.165, 1.54) is 21.6 Å². The molecular formula is C24H31ClN4O5S. The molecule has 1 saturated heterocycles. The molecule has 3 rings (SSSR count). The SMILES string of the molecule is COCCNC(=O)CN1C(=O)N(CCCCCC(=O)NCc2ccccc2Cl)C(=O)C2SC=CC21. The summed E-state index contributed by atoms with van der Waals surface area (Å²) in [6, 6.07) is 6.47. The predicted octanol–water partition coefficient (Wildman–Crippen LogP) is 2.54. The van der Waals surface area contributed by atoms with Gasteiger partial charge in [0.1, 0.15) is 11.8 Å². The first-order valence-electron chi connectivity index (χ1n) is 11.6. The van der Waals surface area contributed by atoms with Gasteiger partial charge >= 0.3 is 6.03 Å². The van der Waals surface area contributed by atoms with Gasteiger partial charge < -0.3 is 20.3 Å². The van der Waals surface area contributed by atoms with Crippen LogP contribution in [0, 0.1) is 0 Å². The van der Waals surface area contributed by atoms with E-state index in [-0.39, 0.29) is 30.8 Å². The minimum atomic E-state index is -0.456. The van der Waals surface area contributed by atoms with Crippen molar-refractivity contribution in [1.29, 1.82) is 0 Å². The van der Waals surface area contributed by atoms with Crippen LogP contribution < -0.4 is 10.6 Å². The number of unbranched alkanes of at least 4 members (excludes halogenated alkanes) is 2. The van der Waals surface area contributed by atoms with E-state index in [4.69, 9.17) is 16.3 Å². The van der Waals surface area contributed by atoms with Gasteiger partial charge in [0.05, 0.1) is 12.6 Å². The van der Waals surface area contributed by atoms with Crippen molar-refractivity contribution >= 4 is 47.1 Å². The highest BCUT2D eigenvalue weighted by Gasteiger charge is 2.47. The Morgan fingerprint density at radius 3 is 2.69 bits per heavy atom. The zero-order valence-corrected chi connectivity index (χ0v) is 21.3. The van der Waals surface area contributed by atoms with Crippen molar-refractivity contribution in [2.75, 3.05) is 33.4 Å². The zero-order chi connectivity index (χ0) is 25.2. The molecule has 0 saturated carbocycles. The molecule has 1 aromatic carbocycles. The summed E-state index contributed by atoms with van der Waals surface area (Å²) in [4.78, 5) is 53.1. The van der Waals surface area contributed by atoms with E-state index < -0.39 is 17.3 Å². The third kappa shape index (κ3) is 7.46. The molecule has 2 unspecified atom stereocenters. The molecule has 0 aromatic heterocycles. The molecule has 0 bridgehead atoms. The van der Waals surface area contributed by atoms with Crippen LogP contribution in [-0.4, -0.2) is 78.2 Å². The number of benzene rings is 1. The molecule has 0 spiro atoms. The maximum absolute atomic E-state index is 13.1. The number of nitrogens with zero attached hydrogens (tertiary/aromatic N) is 2. The Hall–Kier alpha value is -2.56. The second-order valence-corrected chi connectivity index (χ2v) is 9.76. The summed E-state index contributed by atoms with van der Waals surface area (Å²) in [5, 5.41) is 7.56. The Balaban J connectivity index is 1.43. The lowest BCUT2D eigenvalue weighted by molar-refractivity contribution is -0.133. The summed E-state index contributed by atoms with van der Waals surface area (Å²) >= 11 is 7.47. The van der Waals surface area contributed by atoms with E-state index in [2.05, 4.69) is 10.6 Å². The van der Waals surface area contributed by atoms with Crippen LogP contribution in [0.1, 0.15) is 31.2 Å². The van der Waals surface area contributed by atoms with Crippen LogP contribution in [0.5, 0.6) is 0 Å². The van der Waals surface area contributed by atoms with Crippen molar-refractivity contribution in [3.8, 4) is 0 Å². The van der Waals surface area contributed by atoms with E-state index in [9.17, 15) is 19.2 Å². The average Bonchev–Trinajstić information content (AvgIpc) is 3.33. The zero-order valence-electron chi connectivity index (χ0n) is 19.7. The number of rotatable bonds is 13. The van der Waals surface area contributed by atoms with Crippen LogP contribution in [-0.2, 0) is 25.7 Å². The number of imide groups is 1. The van der Waals surface area contributed by atoms with Gasteiger partial charge in [-0.05, 0) is 29.9 Å². The van der Waals surface area contributed by atoms with Gasteiger partial charge in [-0.2, -0.15) is 0 Å². The molecule has 190 valence electrons. The minimum absolute atomic E-state index is 0.0722.